The lowest BCUT2D eigenvalue weighted by molar-refractivity contribution is -0.138. The van der Waals surface area contributed by atoms with Crippen molar-refractivity contribution in [3.63, 3.8) is 0 Å². The molecule has 3 aromatic carbocycles. The van der Waals surface area contributed by atoms with Crippen LogP contribution in [0.25, 0.3) is 11.8 Å². The Labute approximate surface area is 267 Å². The molecule has 0 spiro atoms. The van der Waals surface area contributed by atoms with E-state index in [0.29, 0.717) is 49.0 Å². The molecule has 45 heavy (non-hydrogen) atoms. The fourth-order valence-corrected chi connectivity index (χ4v) is 6.27. The highest BCUT2D eigenvalue weighted by Crippen LogP contribution is 2.39. The molecule has 0 saturated heterocycles. The second kappa shape index (κ2) is 13.7. The number of esters is 1. The van der Waals surface area contributed by atoms with E-state index in [2.05, 4.69) is 0 Å². The quantitative estimate of drug-likeness (QED) is 0.231. The van der Waals surface area contributed by atoms with Crippen molar-refractivity contribution in [2.24, 2.45) is 4.99 Å². The molecule has 1 aromatic heterocycles. The predicted molar refractivity (Wildman–Crippen MR) is 170 cm³/mol. The van der Waals surface area contributed by atoms with E-state index >= 15 is 0 Å². The van der Waals surface area contributed by atoms with Gasteiger partial charge in [0, 0.05) is 5.56 Å². The van der Waals surface area contributed by atoms with Gasteiger partial charge in [-0.05, 0) is 48.4 Å². The van der Waals surface area contributed by atoms with Gasteiger partial charge in [-0.2, -0.15) is 5.26 Å². The number of nitrogens with zero attached hydrogens (tertiary/aromatic N) is 3. The molecule has 2 heterocycles. The van der Waals surface area contributed by atoms with Crippen LogP contribution in [0, 0.1) is 11.3 Å². The molecule has 0 unspecified atom stereocenters. The van der Waals surface area contributed by atoms with Crippen molar-refractivity contribution < 1.29 is 28.5 Å². The van der Waals surface area contributed by atoms with Gasteiger partial charge < -0.3 is 23.7 Å². The lowest BCUT2D eigenvalue weighted by atomic mass is 9.93. The number of hydrogen-bond donors (Lipinski definition) is 0. The molecule has 5 rings (SSSR count). The molecule has 1 atom stereocenters. The van der Waals surface area contributed by atoms with Gasteiger partial charge in [0.05, 0.1) is 54.8 Å². The first-order chi connectivity index (χ1) is 21.8. The average Bonchev–Trinajstić information content (AvgIpc) is 3.37. The summed E-state index contributed by atoms with van der Waals surface area (Å²) in [6.07, 6.45) is 1.66. The summed E-state index contributed by atoms with van der Waals surface area (Å²) in [5, 5.41) is 9.13. The minimum atomic E-state index is -0.905. The van der Waals surface area contributed by atoms with Crippen molar-refractivity contribution in [3.8, 4) is 29.1 Å². The minimum absolute atomic E-state index is 0.129. The molecule has 230 valence electrons. The molecule has 12 heteroatoms. The summed E-state index contributed by atoms with van der Waals surface area (Å²) in [6, 6.07) is 18.8. The molecule has 10 nitrogen and oxygen atoms in total. The van der Waals surface area contributed by atoms with E-state index in [-0.39, 0.29) is 35.1 Å². The largest absolute Gasteiger partial charge is 0.493 e. The van der Waals surface area contributed by atoms with Crippen molar-refractivity contribution in [3.05, 3.63) is 108 Å². The number of aromatic nitrogens is 1. The van der Waals surface area contributed by atoms with Crippen LogP contribution in [0.3, 0.4) is 0 Å². The summed E-state index contributed by atoms with van der Waals surface area (Å²) in [5.74, 6) is 0.847. The summed E-state index contributed by atoms with van der Waals surface area (Å²) in [4.78, 5) is 33.2. The van der Waals surface area contributed by atoms with Gasteiger partial charge >= 0.3 is 5.97 Å². The molecule has 0 amide bonds. The van der Waals surface area contributed by atoms with Crippen LogP contribution in [0.2, 0.25) is 5.02 Å². The molecule has 0 saturated carbocycles. The zero-order valence-corrected chi connectivity index (χ0v) is 26.4. The van der Waals surface area contributed by atoms with Gasteiger partial charge in [0.25, 0.3) is 5.56 Å². The van der Waals surface area contributed by atoms with Crippen LogP contribution in [0.4, 0.5) is 0 Å². The maximum absolute atomic E-state index is 14.2. The topological polar surface area (TPSA) is 121 Å². The van der Waals surface area contributed by atoms with Gasteiger partial charge in [0.1, 0.15) is 6.07 Å². The number of nitriles is 1. The Kier molecular flexibility index (Phi) is 9.56. The van der Waals surface area contributed by atoms with Gasteiger partial charge in [0.15, 0.2) is 34.4 Å². The lowest BCUT2D eigenvalue weighted by Crippen LogP contribution is -2.40. The van der Waals surface area contributed by atoms with E-state index in [9.17, 15) is 9.59 Å². The van der Waals surface area contributed by atoms with Crippen LogP contribution in [0.15, 0.2) is 76.0 Å². The molecule has 0 bridgehead atoms. The smallest absolute Gasteiger partial charge is 0.338 e. The maximum atomic E-state index is 14.2. The van der Waals surface area contributed by atoms with Crippen LogP contribution in [0.1, 0.15) is 29.7 Å². The van der Waals surface area contributed by atoms with Gasteiger partial charge in [0.2, 0.25) is 0 Å². The Morgan fingerprint density at radius 2 is 1.78 bits per heavy atom. The summed E-state index contributed by atoms with van der Waals surface area (Å²) >= 11 is 7.63. The van der Waals surface area contributed by atoms with Crippen LogP contribution < -0.4 is 33.8 Å². The molecule has 1 aliphatic rings. The standard InChI is InChI=1S/C33H28ClN3O7S/c1-5-43-32(39)27-28(20-9-7-6-8-10-20)36-33-37(29(27)21-11-12-23(40-2)24(18-21)41-3)31(38)26(45-33)17-19-15-22(34)30(44-14-13-35)25(16-19)42-4/h6-12,15-18,29H,5,14H2,1-4H3/b26-17-/t29-/m0/s1. The van der Waals surface area contributed by atoms with E-state index in [0.717, 1.165) is 11.3 Å². The first-order valence-electron chi connectivity index (χ1n) is 13.7. The molecule has 0 fully saturated rings. The minimum Gasteiger partial charge on any atom is -0.493 e. The van der Waals surface area contributed by atoms with E-state index in [1.165, 1.54) is 25.9 Å². The molecular formula is C33H28ClN3O7S. The van der Waals surface area contributed by atoms with Crippen molar-refractivity contribution in [1.82, 2.24) is 4.57 Å². The molecule has 0 N–H and O–H groups in total. The number of halogens is 1. The second-order valence-corrected chi connectivity index (χ2v) is 10.9. The van der Waals surface area contributed by atoms with E-state index in [4.69, 9.17) is 45.5 Å². The molecular weight excluding hydrogens is 618 g/mol. The SMILES string of the molecule is CCOC(=O)C1=C(c2ccccc2)N=c2s/c(=C\c3cc(Cl)c(OCC#N)c(OC)c3)c(=O)n2[C@H]1c1ccc(OC)c(OC)c1. The maximum Gasteiger partial charge on any atom is 0.338 e. The Bertz CT molecular complexity index is 2010. The normalized spacial score (nSPS) is 14.2. The zero-order chi connectivity index (χ0) is 32.1. The van der Waals surface area contributed by atoms with Crippen LogP contribution in [0.5, 0.6) is 23.0 Å². The predicted octanol–water partition coefficient (Wildman–Crippen LogP) is 4.52. The number of rotatable bonds is 10. The number of ether oxygens (including phenoxy) is 5. The van der Waals surface area contributed by atoms with Crippen molar-refractivity contribution in [2.75, 3.05) is 34.5 Å². The first-order valence-corrected chi connectivity index (χ1v) is 14.9. The molecule has 0 radical (unpaired) electrons. The van der Waals surface area contributed by atoms with E-state index in [1.54, 1.807) is 43.3 Å². The highest BCUT2D eigenvalue weighted by Gasteiger charge is 2.35. The summed E-state index contributed by atoms with van der Waals surface area (Å²) in [6.45, 7) is 1.64. The first kappa shape index (κ1) is 31.4. The zero-order valence-electron chi connectivity index (χ0n) is 24.8. The number of carbonyl (C=O) groups excluding carboxylic acids is 1. The second-order valence-electron chi connectivity index (χ2n) is 9.53. The highest BCUT2D eigenvalue weighted by atomic mass is 35.5. The molecule has 0 aliphatic carbocycles. The van der Waals surface area contributed by atoms with Crippen molar-refractivity contribution in [1.29, 1.82) is 5.26 Å². The van der Waals surface area contributed by atoms with Crippen LogP contribution >= 0.6 is 22.9 Å². The van der Waals surface area contributed by atoms with Gasteiger partial charge in [-0.25, -0.2) is 9.79 Å². The summed E-state index contributed by atoms with van der Waals surface area (Å²) < 4.78 is 29.2. The third-order valence-electron chi connectivity index (χ3n) is 6.93. The molecule has 4 aromatic rings. The Hall–Kier alpha value is -5.05. The van der Waals surface area contributed by atoms with Crippen molar-refractivity contribution in [2.45, 2.75) is 13.0 Å². The number of methoxy groups -OCH3 is 3. The number of carbonyl (C=O) groups is 1. The number of thiazole rings is 1. The summed E-state index contributed by atoms with van der Waals surface area (Å²) in [7, 11) is 4.50. The Morgan fingerprint density at radius 1 is 1.04 bits per heavy atom. The monoisotopic (exact) mass is 645 g/mol. The van der Waals surface area contributed by atoms with Crippen LogP contribution in [-0.2, 0) is 9.53 Å². The van der Waals surface area contributed by atoms with Crippen LogP contribution in [-0.4, -0.2) is 45.1 Å². The van der Waals surface area contributed by atoms with Gasteiger partial charge in [-0.3, -0.25) is 9.36 Å². The summed E-state index contributed by atoms with van der Waals surface area (Å²) in [5.41, 5.74) is 2.06. The number of hydrogen-bond acceptors (Lipinski definition) is 10. The number of benzene rings is 3. The third kappa shape index (κ3) is 6.16. The average molecular weight is 646 g/mol. The Morgan fingerprint density at radius 3 is 2.44 bits per heavy atom. The van der Waals surface area contributed by atoms with Gasteiger partial charge in [-0.15, -0.1) is 0 Å². The molecule has 1 aliphatic heterocycles. The third-order valence-corrected chi connectivity index (χ3v) is 8.19. The van der Waals surface area contributed by atoms with Gasteiger partial charge in [-0.1, -0.05) is 59.3 Å². The van der Waals surface area contributed by atoms with E-state index < -0.39 is 12.0 Å². The fourth-order valence-electron chi connectivity index (χ4n) is 5.00. The fraction of sp³-hybridized carbons (Fsp3) is 0.212. The lowest BCUT2D eigenvalue weighted by Gasteiger charge is -2.26. The number of fused-ring (bicyclic) bond motifs is 1. The highest BCUT2D eigenvalue weighted by molar-refractivity contribution is 7.07. The Balaban J connectivity index is 1.80. The van der Waals surface area contributed by atoms with Crippen molar-refractivity contribution >= 4 is 40.7 Å². The van der Waals surface area contributed by atoms with E-state index in [1.807, 2.05) is 36.4 Å².